The number of halogens is 1. The second-order valence-corrected chi connectivity index (χ2v) is 4.43. The van der Waals surface area contributed by atoms with Crippen molar-refractivity contribution in [3.63, 3.8) is 0 Å². The highest BCUT2D eigenvalue weighted by Gasteiger charge is 2.20. The van der Waals surface area contributed by atoms with Crippen LogP contribution in [0.2, 0.25) is 5.28 Å². The van der Waals surface area contributed by atoms with Crippen molar-refractivity contribution in [2.75, 3.05) is 25.2 Å². The molecule has 16 heavy (non-hydrogen) atoms. The van der Waals surface area contributed by atoms with Gasteiger partial charge in [0.25, 0.3) is 0 Å². The van der Waals surface area contributed by atoms with Crippen LogP contribution in [0.25, 0.3) is 0 Å². The van der Waals surface area contributed by atoms with E-state index in [4.69, 9.17) is 16.3 Å². The lowest BCUT2D eigenvalue weighted by atomic mass is 10.1. The lowest BCUT2D eigenvalue weighted by molar-refractivity contribution is 0.0853. The standard InChI is InChI=1S/C11H16ClN3O/c1-8-7-10(14-11(12)13-8)15(2)9-3-5-16-6-4-9/h7,9H,3-6H2,1-2H3. The van der Waals surface area contributed by atoms with E-state index in [0.29, 0.717) is 11.3 Å². The zero-order valence-electron chi connectivity index (χ0n) is 9.61. The van der Waals surface area contributed by atoms with Crippen LogP contribution in [-0.2, 0) is 4.74 Å². The number of aryl methyl sites for hydroxylation is 1. The van der Waals surface area contributed by atoms with Crippen LogP contribution in [0.5, 0.6) is 0 Å². The minimum atomic E-state index is 0.314. The first-order valence-electron chi connectivity index (χ1n) is 5.48. The number of nitrogens with zero attached hydrogens (tertiary/aromatic N) is 3. The second-order valence-electron chi connectivity index (χ2n) is 4.09. The third-order valence-corrected chi connectivity index (χ3v) is 3.08. The summed E-state index contributed by atoms with van der Waals surface area (Å²) in [5.74, 6) is 0.893. The van der Waals surface area contributed by atoms with Crippen molar-refractivity contribution >= 4 is 17.4 Å². The van der Waals surface area contributed by atoms with Crippen molar-refractivity contribution in [2.45, 2.75) is 25.8 Å². The number of hydrogen-bond acceptors (Lipinski definition) is 4. The van der Waals surface area contributed by atoms with E-state index in [0.717, 1.165) is 37.6 Å². The van der Waals surface area contributed by atoms with Crippen molar-refractivity contribution in [2.24, 2.45) is 0 Å². The molecule has 0 spiro atoms. The number of aromatic nitrogens is 2. The minimum Gasteiger partial charge on any atom is -0.381 e. The topological polar surface area (TPSA) is 38.2 Å². The van der Waals surface area contributed by atoms with Crippen molar-refractivity contribution in [1.82, 2.24) is 9.97 Å². The highest BCUT2D eigenvalue weighted by Crippen LogP contribution is 2.20. The Kier molecular flexibility index (Phi) is 3.61. The molecule has 0 saturated carbocycles. The zero-order valence-corrected chi connectivity index (χ0v) is 10.4. The molecule has 0 atom stereocenters. The van der Waals surface area contributed by atoms with Crippen molar-refractivity contribution in [3.05, 3.63) is 17.0 Å². The zero-order chi connectivity index (χ0) is 11.5. The van der Waals surface area contributed by atoms with Gasteiger partial charge in [-0.1, -0.05) is 0 Å². The number of ether oxygens (including phenoxy) is 1. The van der Waals surface area contributed by atoms with Crippen LogP contribution in [0.15, 0.2) is 6.07 Å². The Hall–Kier alpha value is -0.870. The molecule has 1 aliphatic rings. The smallest absolute Gasteiger partial charge is 0.224 e. The predicted molar refractivity (Wildman–Crippen MR) is 64.0 cm³/mol. The Labute approximate surface area is 101 Å². The largest absolute Gasteiger partial charge is 0.381 e. The highest BCUT2D eigenvalue weighted by molar-refractivity contribution is 6.28. The summed E-state index contributed by atoms with van der Waals surface area (Å²) < 4.78 is 5.35. The Morgan fingerprint density at radius 3 is 2.69 bits per heavy atom. The fraction of sp³-hybridized carbons (Fsp3) is 0.636. The maximum Gasteiger partial charge on any atom is 0.224 e. The normalized spacial score (nSPS) is 17.4. The Bertz CT molecular complexity index is 346. The molecule has 1 fully saturated rings. The molecular formula is C11H16ClN3O. The van der Waals surface area contributed by atoms with E-state index >= 15 is 0 Å². The molecule has 0 aromatic carbocycles. The fourth-order valence-electron chi connectivity index (χ4n) is 1.96. The molecule has 0 aliphatic carbocycles. The van der Waals surface area contributed by atoms with Gasteiger partial charge in [-0.3, -0.25) is 0 Å². The quantitative estimate of drug-likeness (QED) is 0.743. The van der Waals surface area contributed by atoms with Crippen LogP contribution in [0, 0.1) is 6.92 Å². The van der Waals surface area contributed by atoms with Gasteiger partial charge in [-0.25, -0.2) is 9.97 Å². The van der Waals surface area contributed by atoms with Crippen LogP contribution in [0.1, 0.15) is 18.5 Å². The van der Waals surface area contributed by atoms with Gasteiger partial charge in [0, 0.05) is 38.1 Å². The van der Waals surface area contributed by atoms with Gasteiger partial charge in [-0.15, -0.1) is 0 Å². The molecular weight excluding hydrogens is 226 g/mol. The van der Waals surface area contributed by atoms with E-state index < -0.39 is 0 Å². The van der Waals surface area contributed by atoms with Gasteiger partial charge >= 0.3 is 0 Å². The van der Waals surface area contributed by atoms with Crippen molar-refractivity contribution in [3.8, 4) is 0 Å². The molecule has 0 radical (unpaired) electrons. The molecule has 1 saturated heterocycles. The second kappa shape index (κ2) is 4.97. The van der Waals surface area contributed by atoms with Crippen LogP contribution < -0.4 is 4.90 Å². The molecule has 0 N–H and O–H groups in total. The van der Waals surface area contributed by atoms with E-state index in [9.17, 15) is 0 Å². The fourth-order valence-corrected chi connectivity index (χ4v) is 2.18. The summed E-state index contributed by atoms with van der Waals surface area (Å²) >= 11 is 5.86. The van der Waals surface area contributed by atoms with Crippen LogP contribution in [-0.4, -0.2) is 36.3 Å². The lowest BCUT2D eigenvalue weighted by Gasteiger charge is -2.32. The van der Waals surface area contributed by atoms with Gasteiger partial charge < -0.3 is 9.64 Å². The molecule has 2 heterocycles. The van der Waals surface area contributed by atoms with Gasteiger partial charge in [-0.2, -0.15) is 0 Å². The molecule has 4 nitrogen and oxygen atoms in total. The van der Waals surface area contributed by atoms with E-state index in [1.165, 1.54) is 0 Å². The maximum atomic E-state index is 5.86. The first-order valence-corrected chi connectivity index (χ1v) is 5.86. The lowest BCUT2D eigenvalue weighted by Crippen LogP contribution is -2.37. The van der Waals surface area contributed by atoms with Crippen LogP contribution in [0.4, 0.5) is 5.82 Å². The maximum absolute atomic E-state index is 5.86. The summed E-state index contributed by atoms with van der Waals surface area (Å²) in [5, 5.41) is 0.314. The Balaban J connectivity index is 2.15. The van der Waals surface area contributed by atoms with Crippen LogP contribution >= 0.6 is 11.6 Å². The molecule has 88 valence electrons. The Morgan fingerprint density at radius 2 is 2.06 bits per heavy atom. The van der Waals surface area contributed by atoms with Crippen molar-refractivity contribution in [1.29, 1.82) is 0 Å². The first kappa shape index (κ1) is 11.6. The van der Waals surface area contributed by atoms with Gasteiger partial charge in [0.05, 0.1) is 0 Å². The summed E-state index contributed by atoms with van der Waals surface area (Å²) in [4.78, 5) is 10.5. The van der Waals surface area contributed by atoms with Gasteiger partial charge in [0.1, 0.15) is 5.82 Å². The average molecular weight is 242 g/mol. The highest BCUT2D eigenvalue weighted by atomic mass is 35.5. The molecule has 0 amide bonds. The summed E-state index contributed by atoms with van der Waals surface area (Å²) in [5.41, 5.74) is 0.897. The third-order valence-electron chi connectivity index (χ3n) is 2.91. The molecule has 2 rings (SSSR count). The van der Waals surface area contributed by atoms with Gasteiger partial charge in [0.2, 0.25) is 5.28 Å². The molecule has 1 aromatic rings. The summed E-state index contributed by atoms with van der Waals surface area (Å²) in [6.07, 6.45) is 2.08. The third kappa shape index (κ3) is 2.62. The van der Waals surface area contributed by atoms with Gasteiger partial charge in [0.15, 0.2) is 0 Å². The average Bonchev–Trinajstić information content (AvgIpc) is 2.28. The van der Waals surface area contributed by atoms with Gasteiger partial charge in [-0.05, 0) is 31.4 Å². The summed E-state index contributed by atoms with van der Waals surface area (Å²) in [7, 11) is 2.05. The van der Waals surface area contributed by atoms with E-state index in [-0.39, 0.29) is 0 Å². The number of hydrogen-bond donors (Lipinski definition) is 0. The molecule has 1 aliphatic heterocycles. The van der Waals surface area contributed by atoms with Crippen LogP contribution in [0.3, 0.4) is 0 Å². The van der Waals surface area contributed by atoms with E-state index in [1.807, 2.05) is 20.0 Å². The molecule has 0 unspecified atom stereocenters. The molecule has 0 bridgehead atoms. The Morgan fingerprint density at radius 1 is 1.38 bits per heavy atom. The molecule has 5 heteroatoms. The monoisotopic (exact) mass is 241 g/mol. The van der Waals surface area contributed by atoms with Crippen molar-refractivity contribution < 1.29 is 4.74 Å². The van der Waals surface area contributed by atoms with E-state index in [1.54, 1.807) is 0 Å². The SMILES string of the molecule is Cc1cc(N(C)C2CCOCC2)nc(Cl)n1. The summed E-state index contributed by atoms with van der Waals surface area (Å²) in [6, 6.07) is 2.44. The molecule has 1 aromatic heterocycles. The first-order chi connectivity index (χ1) is 7.66. The van der Waals surface area contributed by atoms with E-state index in [2.05, 4.69) is 14.9 Å². The number of rotatable bonds is 2. The number of anilines is 1. The summed E-state index contributed by atoms with van der Waals surface area (Å²) in [6.45, 7) is 3.58. The predicted octanol–water partition coefficient (Wildman–Crippen LogP) is 2.05. The minimum absolute atomic E-state index is 0.314.